The van der Waals surface area contributed by atoms with Crippen LogP contribution >= 0.6 is 0 Å². The predicted molar refractivity (Wildman–Crippen MR) is 284 cm³/mol. The molecule has 0 aliphatic heterocycles. The molecule has 0 aliphatic rings. The molecule has 24 nitrogen and oxygen atoms in total. The Morgan fingerprint density at radius 1 is 0.545 bits per heavy atom. The highest BCUT2D eigenvalue weighted by Gasteiger charge is 2.24. The fraction of sp³-hybridized carbons (Fsp3) is 0.184. The van der Waals surface area contributed by atoms with Gasteiger partial charge in [-0.15, -0.1) is 10.2 Å². The second kappa shape index (κ2) is 22.7. The zero-order valence-corrected chi connectivity index (χ0v) is 44.0. The number of nitrogens with zero attached hydrogens (tertiary/aromatic N) is 4. The minimum absolute atomic E-state index is 0.0274. The number of amides is 2. The third-order valence-corrected chi connectivity index (χ3v) is 14.7. The summed E-state index contributed by atoms with van der Waals surface area (Å²) in [7, 11) is -18.4. The Labute approximate surface area is 440 Å². The Balaban J connectivity index is 1.15. The molecule has 0 saturated heterocycles. The lowest BCUT2D eigenvalue weighted by Gasteiger charge is -2.15. The first-order valence-electron chi connectivity index (χ1n) is 22.6. The summed E-state index contributed by atoms with van der Waals surface area (Å²) in [6.07, 6.45) is -0.335. The standard InChI is InChI=1S/C49H47N7O17S4/c1-27-18-42(44(73-15-5-17-75(63,64)65)26-38(27)49(59)52-35-11-8-31-22-36(76(66,67)68)25-43(39(31)24-35)72-14-4-16-74(60,61)62)55-53-40-19-29(3)41(20-28(40)2)54-56-46-45(77(69,70)71)23-32-21-34(12-13-37(32)47(46)57)51-48(58)30-6-9-33(50)10-7-30/h6-13,18-26,57H,4-5,14-17,50H2,1-3H3,(H,51,58)(H,52,59)(H,60,61,62)(H,63,64,65)(H,66,67,68)(H,69,70,71). The molecule has 7 aromatic rings. The number of aromatic hydroxyl groups is 1. The van der Waals surface area contributed by atoms with Gasteiger partial charge in [-0.2, -0.15) is 43.9 Å². The summed E-state index contributed by atoms with van der Waals surface area (Å²) in [5, 5.41) is 34.5. The summed E-state index contributed by atoms with van der Waals surface area (Å²) >= 11 is 0. The van der Waals surface area contributed by atoms with E-state index in [2.05, 4.69) is 31.1 Å². The normalized spacial score (nSPS) is 12.4. The fourth-order valence-corrected chi connectivity index (χ4v) is 9.73. The van der Waals surface area contributed by atoms with Gasteiger partial charge in [-0.25, -0.2) is 0 Å². The molecule has 28 heteroatoms. The van der Waals surface area contributed by atoms with E-state index in [1.165, 1.54) is 60.7 Å². The van der Waals surface area contributed by atoms with Gasteiger partial charge in [-0.1, -0.05) is 6.07 Å². The number of azo groups is 2. The average Bonchev–Trinajstić information content (AvgIpc) is 3.37. The zero-order valence-electron chi connectivity index (χ0n) is 40.7. The molecule has 0 spiro atoms. The Morgan fingerprint density at radius 3 is 1.69 bits per heavy atom. The highest BCUT2D eigenvalue weighted by Crippen LogP contribution is 2.43. The Hall–Kier alpha value is -7.96. The van der Waals surface area contributed by atoms with Crippen molar-refractivity contribution in [3.8, 4) is 17.2 Å². The molecule has 77 heavy (non-hydrogen) atoms. The second-order valence-electron chi connectivity index (χ2n) is 17.3. The van der Waals surface area contributed by atoms with E-state index in [1.54, 1.807) is 45.0 Å². The van der Waals surface area contributed by atoms with Crippen LogP contribution in [0.3, 0.4) is 0 Å². The lowest BCUT2D eigenvalue weighted by atomic mass is 10.1. The molecule has 0 unspecified atom stereocenters. The average molecular weight is 1130 g/mol. The van der Waals surface area contributed by atoms with Gasteiger partial charge in [0, 0.05) is 45.0 Å². The van der Waals surface area contributed by atoms with Crippen LogP contribution in [0.2, 0.25) is 0 Å². The maximum absolute atomic E-state index is 13.9. The number of hydrogen-bond acceptors (Lipinski definition) is 18. The molecule has 404 valence electrons. The molecular formula is C49H47N7O17S4. The van der Waals surface area contributed by atoms with Crippen LogP contribution in [0.4, 0.5) is 39.8 Å². The minimum atomic E-state index is -5.01. The number of ether oxygens (including phenoxy) is 2. The molecule has 7 aromatic carbocycles. The SMILES string of the molecule is Cc1cc(N=Nc2c(S(=O)(=O)O)cc3cc(NC(=O)c4ccc(N)cc4)ccc3c2O)c(C)cc1N=Nc1cc(C)c(C(=O)Nc2ccc3cc(S(=O)(=O)O)cc(OCCCS(=O)(=O)O)c3c2)cc1OCCCS(=O)(=O)O. The van der Waals surface area contributed by atoms with Gasteiger partial charge in [0.1, 0.15) is 27.8 Å². The van der Waals surface area contributed by atoms with Crippen molar-refractivity contribution in [2.24, 2.45) is 20.5 Å². The summed E-state index contributed by atoms with van der Waals surface area (Å²) in [6, 6.07) is 23.9. The van der Waals surface area contributed by atoms with Crippen LogP contribution in [-0.4, -0.2) is 93.5 Å². The molecule has 9 N–H and O–H groups in total. The monoisotopic (exact) mass is 1130 g/mol. The van der Waals surface area contributed by atoms with E-state index in [1.807, 2.05) is 0 Å². The van der Waals surface area contributed by atoms with E-state index in [9.17, 15) is 62.0 Å². The van der Waals surface area contributed by atoms with Gasteiger partial charge in [0.05, 0.1) is 41.0 Å². The number of carbonyl (C=O) groups is 2. The minimum Gasteiger partial charge on any atom is -0.505 e. The fourth-order valence-electron chi connectivity index (χ4n) is 7.57. The molecule has 0 heterocycles. The summed E-state index contributed by atoms with van der Waals surface area (Å²) in [6.45, 7) is 4.33. The van der Waals surface area contributed by atoms with Crippen molar-refractivity contribution in [3.05, 3.63) is 131 Å². The van der Waals surface area contributed by atoms with Crippen molar-refractivity contribution >= 4 is 114 Å². The van der Waals surface area contributed by atoms with Crippen molar-refractivity contribution < 1.29 is 76.1 Å². The Morgan fingerprint density at radius 2 is 1.09 bits per heavy atom. The smallest absolute Gasteiger partial charge is 0.296 e. The third kappa shape index (κ3) is 14.7. The van der Waals surface area contributed by atoms with Crippen LogP contribution in [0.5, 0.6) is 17.2 Å². The lowest BCUT2D eigenvalue weighted by molar-refractivity contribution is 0.101. The summed E-state index contributed by atoms with van der Waals surface area (Å²) in [4.78, 5) is 25.4. The van der Waals surface area contributed by atoms with Gasteiger partial charge < -0.3 is 30.9 Å². The van der Waals surface area contributed by atoms with E-state index in [-0.39, 0.29) is 87.4 Å². The van der Waals surface area contributed by atoms with Crippen LogP contribution in [0.1, 0.15) is 50.2 Å². The topological polar surface area (TPSA) is 390 Å². The van der Waals surface area contributed by atoms with Crippen LogP contribution in [0.25, 0.3) is 21.5 Å². The third-order valence-electron chi connectivity index (χ3n) is 11.4. The van der Waals surface area contributed by atoms with Gasteiger partial charge in [0.2, 0.25) is 0 Å². The van der Waals surface area contributed by atoms with Crippen LogP contribution < -0.4 is 25.8 Å². The van der Waals surface area contributed by atoms with Crippen molar-refractivity contribution in [2.45, 2.75) is 43.4 Å². The number of nitrogens with one attached hydrogen (secondary N) is 2. The molecule has 0 fully saturated rings. The van der Waals surface area contributed by atoms with Gasteiger partial charge in [-0.3, -0.25) is 27.8 Å². The van der Waals surface area contributed by atoms with E-state index in [4.69, 9.17) is 19.8 Å². The Kier molecular flexibility index (Phi) is 16.7. The Bertz CT molecular complexity index is 4040. The first kappa shape index (κ1) is 56.8. The maximum atomic E-state index is 13.9. The first-order valence-corrected chi connectivity index (χ1v) is 28.7. The number of phenolic OH excluding ortho intramolecular Hbond substituents is 1. The van der Waals surface area contributed by atoms with Crippen LogP contribution in [0, 0.1) is 20.8 Å². The molecule has 0 atom stereocenters. The van der Waals surface area contributed by atoms with Crippen molar-refractivity contribution in [1.29, 1.82) is 0 Å². The highest BCUT2D eigenvalue weighted by atomic mass is 32.2. The summed E-state index contributed by atoms with van der Waals surface area (Å²) < 4.78 is 145. The molecular weight excluding hydrogens is 1090 g/mol. The van der Waals surface area contributed by atoms with E-state index in [0.29, 0.717) is 33.6 Å². The molecule has 0 bridgehead atoms. The number of phenols is 1. The molecule has 0 saturated carbocycles. The van der Waals surface area contributed by atoms with E-state index < -0.39 is 85.0 Å². The second-order valence-corrected chi connectivity index (χ2v) is 23.2. The quantitative estimate of drug-likeness (QED) is 0.0152. The van der Waals surface area contributed by atoms with E-state index in [0.717, 1.165) is 18.2 Å². The maximum Gasteiger partial charge on any atom is 0.296 e. The molecule has 0 aromatic heterocycles. The van der Waals surface area contributed by atoms with E-state index >= 15 is 0 Å². The number of aryl methyl sites for hydroxylation is 3. The number of anilines is 3. The van der Waals surface area contributed by atoms with Crippen LogP contribution in [-0.2, 0) is 40.5 Å². The summed E-state index contributed by atoms with van der Waals surface area (Å²) in [5.41, 5.74) is 8.22. The van der Waals surface area contributed by atoms with Gasteiger partial charge in [-0.05, 0) is 152 Å². The number of nitrogen functional groups attached to an aromatic ring is 1. The number of fused-ring (bicyclic) bond motifs is 2. The zero-order chi connectivity index (χ0) is 56.2. The summed E-state index contributed by atoms with van der Waals surface area (Å²) in [5.74, 6) is -3.21. The predicted octanol–water partition coefficient (Wildman–Crippen LogP) is 9.35. The highest BCUT2D eigenvalue weighted by molar-refractivity contribution is 7.86. The number of carbonyl (C=O) groups excluding carboxylic acids is 2. The molecule has 2 amide bonds. The largest absolute Gasteiger partial charge is 0.505 e. The van der Waals surface area contributed by atoms with Crippen LogP contribution in [0.15, 0.2) is 133 Å². The lowest BCUT2D eigenvalue weighted by Crippen LogP contribution is -2.14. The van der Waals surface area contributed by atoms with Gasteiger partial charge >= 0.3 is 0 Å². The van der Waals surface area contributed by atoms with Gasteiger partial charge in [0.15, 0.2) is 5.75 Å². The number of nitrogens with two attached hydrogens (primary N) is 1. The molecule has 0 aliphatic carbocycles. The number of benzene rings is 7. The van der Waals surface area contributed by atoms with Crippen molar-refractivity contribution in [3.63, 3.8) is 0 Å². The number of hydrogen-bond donors (Lipinski definition) is 8. The van der Waals surface area contributed by atoms with Gasteiger partial charge in [0.25, 0.3) is 52.3 Å². The molecule has 0 radical (unpaired) electrons. The van der Waals surface area contributed by atoms with Crippen molar-refractivity contribution in [2.75, 3.05) is 41.1 Å². The number of rotatable bonds is 20. The first-order chi connectivity index (χ1) is 36.0. The van der Waals surface area contributed by atoms with Crippen molar-refractivity contribution in [1.82, 2.24) is 0 Å². The molecule has 7 rings (SSSR count).